The van der Waals surface area contributed by atoms with E-state index in [1.165, 1.54) is 9.36 Å². The van der Waals surface area contributed by atoms with Gasteiger partial charge in [-0.2, -0.15) is 0 Å². The zero-order valence-corrected chi connectivity index (χ0v) is 27.5. The lowest BCUT2D eigenvalue weighted by Gasteiger charge is -2.26. The van der Waals surface area contributed by atoms with Gasteiger partial charge in [-0.1, -0.05) is 34.7 Å². The lowest BCUT2D eigenvalue weighted by atomic mass is 9.98. The number of morpholine rings is 2. The highest BCUT2D eigenvalue weighted by atomic mass is 16.5. The molecule has 2 N–H and O–H groups in total. The van der Waals surface area contributed by atoms with Crippen molar-refractivity contribution in [1.82, 2.24) is 39.8 Å². The number of hydrogen-bond acceptors (Lipinski definition) is 12. The highest BCUT2D eigenvalue weighted by Gasteiger charge is 2.40. The summed E-state index contributed by atoms with van der Waals surface area (Å²) in [6.07, 6.45) is 0.774. The average Bonchev–Trinajstić information content (AvgIpc) is 3.77. The molecule has 0 atom stereocenters. The van der Waals surface area contributed by atoms with E-state index < -0.39 is 11.6 Å². The Bertz CT molecular complexity index is 1720. The number of carbonyl (C=O) groups excluding carboxylic acids is 4. The van der Waals surface area contributed by atoms with Gasteiger partial charge in [0.2, 0.25) is 23.4 Å². The monoisotopic (exact) mass is 682 g/mol. The number of rotatable bonds is 12. The predicted molar refractivity (Wildman–Crippen MR) is 179 cm³/mol. The second-order valence-corrected chi connectivity index (χ2v) is 12.4. The number of hydrogen-bond donors (Lipinski definition) is 2. The summed E-state index contributed by atoms with van der Waals surface area (Å²) in [5, 5.41) is 22.2. The Hall–Kier alpha value is -5.16. The lowest BCUT2D eigenvalue weighted by molar-refractivity contribution is -0.117. The molecule has 2 aromatic heterocycles. The van der Waals surface area contributed by atoms with Crippen LogP contribution in [0.5, 0.6) is 0 Å². The molecule has 260 valence electrons. The van der Waals surface area contributed by atoms with Crippen molar-refractivity contribution in [3.05, 3.63) is 82.4 Å². The number of anilines is 2. The zero-order chi connectivity index (χ0) is 34.5. The van der Waals surface area contributed by atoms with Crippen LogP contribution >= 0.6 is 0 Å². The molecule has 2 saturated heterocycles. The van der Waals surface area contributed by atoms with E-state index in [-0.39, 0.29) is 47.7 Å². The molecule has 0 bridgehead atoms. The molecule has 7 rings (SSSR count). The van der Waals surface area contributed by atoms with Crippen LogP contribution in [0.15, 0.2) is 48.5 Å². The van der Waals surface area contributed by atoms with Crippen molar-refractivity contribution in [2.45, 2.75) is 25.9 Å². The minimum Gasteiger partial charge on any atom is -0.379 e. The second kappa shape index (κ2) is 15.2. The molecule has 3 aliphatic rings. The number of nitrogens with one attached hydrogen (secondary N) is 2. The average molecular weight is 683 g/mol. The van der Waals surface area contributed by atoms with Gasteiger partial charge in [0.25, 0.3) is 0 Å². The Labute approximate surface area is 287 Å². The van der Waals surface area contributed by atoms with Gasteiger partial charge in [-0.3, -0.25) is 29.0 Å². The fraction of sp³-hybridized carbons (Fsp3) is 0.412. The maximum absolute atomic E-state index is 13.6. The van der Waals surface area contributed by atoms with E-state index in [0.29, 0.717) is 63.7 Å². The SMILES string of the molecule is O=C(CCN1CCOCC1)Nc1ccc(Cn2nnc3c2C(=O)c2nnn(Cc4ccc(NC(=O)CCN5CCOCC5)cc4)c2C3=O)cc1. The number of fused-ring (bicyclic) bond motifs is 2. The molecule has 50 heavy (non-hydrogen) atoms. The van der Waals surface area contributed by atoms with Crippen LogP contribution in [0.1, 0.15) is 56.3 Å². The number of ketones is 2. The van der Waals surface area contributed by atoms with Gasteiger partial charge in [-0.25, -0.2) is 9.36 Å². The third-order valence-corrected chi connectivity index (χ3v) is 8.99. The van der Waals surface area contributed by atoms with Gasteiger partial charge in [0.15, 0.2) is 11.4 Å². The summed E-state index contributed by atoms with van der Waals surface area (Å²) in [5.41, 5.74) is 2.94. The fourth-order valence-electron chi connectivity index (χ4n) is 6.18. The van der Waals surface area contributed by atoms with Crippen molar-refractivity contribution in [1.29, 1.82) is 0 Å². The normalized spacial score (nSPS) is 16.6. The molecule has 4 aromatic rings. The molecule has 0 unspecified atom stereocenters. The van der Waals surface area contributed by atoms with Crippen molar-refractivity contribution in [3.63, 3.8) is 0 Å². The van der Waals surface area contributed by atoms with Crippen LogP contribution in [0.25, 0.3) is 0 Å². The number of aromatic nitrogens is 6. The van der Waals surface area contributed by atoms with Gasteiger partial charge in [0, 0.05) is 63.5 Å². The summed E-state index contributed by atoms with van der Waals surface area (Å²) < 4.78 is 13.5. The number of carbonyl (C=O) groups is 4. The first kappa shape index (κ1) is 33.3. The van der Waals surface area contributed by atoms with Crippen LogP contribution in [-0.4, -0.2) is 129 Å². The smallest absolute Gasteiger partial charge is 0.236 e. The largest absolute Gasteiger partial charge is 0.379 e. The van der Waals surface area contributed by atoms with Crippen LogP contribution in [0.2, 0.25) is 0 Å². The summed E-state index contributed by atoms with van der Waals surface area (Å²) in [4.78, 5) is 56.4. The van der Waals surface area contributed by atoms with Gasteiger partial charge in [0.05, 0.1) is 39.5 Å². The minimum absolute atomic E-state index is 0.0506. The van der Waals surface area contributed by atoms with Crippen molar-refractivity contribution in [3.8, 4) is 0 Å². The highest BCUT2D eigenvalue weighted by Crippen LogP contribution is 2.26. The number of amides is 2. The molecule has 2 fully saturated rings. The Morgan fingerprint density at radius 2 is 0.980 bits per heavy atom. The van der Waals surface area contributed by atoms with Crippen molar-refractivity contribution < 1.29 is 28.7 Å². The van der Waals surface area contributed by atoms with E-state index in [2.05, 4.69) is 41.1 Å². The van der Waals surface area contributed by atoms with Gasteiger partial charge in [0.1, 0.15) is 11.4 Å². The topological polar surface area (TPSA) is 179 Å². The Kier molecular flexibility index (Phi) is 10.1. The minimum atomic E-state index is -0.481. The Morgan fingerprint density at radius 1 is 0.600 bits per heavy atom. The molecule has 2 amide bonds. The quantitative estimate of drug-likeness (QED) is 0.192. The van der Waals surface area contributed by atoms with Gasteiger partial charge < -0.3 is 20.1 Å². The van der Waals surface area contributed by atoms with Gasteiger partial charge >= 0.3 is 0 Å². The Balaban J connectivity index is 0.946. The number of benzene rings is 2. The molecular weight excluding hydrogens is 644 g/mol. The molecule has 2 aliphatic heterocycles. The lowest BCUT2D eigenvalue weighted by Crippen LogP contribution is -2.38. The van der Waals surface area contributed by atoms with Crippen LogP contribution in [0.3, 0.4) is 0 Å². The van der Waals surface area contributed by atoms with Gasteiger partial charge in [-0.05, 0) is 35.4 Å². The van der Waals surface area contributed by atoms with Crippen LogP contribution in [-0.2, 0) is 32.2 Å². The Morgan fingerprint density at radius 3 is 1.36 bits per heavy atom. The molecule has 1 aliphatic carbocycles. The van der Waals surface area contributed by atoms with Crippen molar-refractivity contribution in [2.24, 2.45) is 0 Å². The predicted octanol–water partition coefficient (Wildman–Crippen LogP) is 1.06. The van der Waals surface area contributed by atoms with E-state index in [1.54, 1.807) is 24.3 Å². The standard InChI is InChI=1S/C34H38N10O6/c45-27(9-11-41-13-17-49-18-14-41)35-25-5-1-23(2-6-25)21-43-31-29(37-39-43)34(48)32-30(33(31)47)38-40-44(32)22-24-3-7-26(8-4-24)36-28(46)10-12-42-15-19-50-20-16-42/h1-8H,9-22H2,(H,35,45)(H,36,46). The number of ether oxygens (including phenoxy) is 2. The summed E-state index contributed by atoms with van der Waals surface area (Å²) in [5.74, 6) is -1.10. The summed E-state index contributed by atoms with van der Waals surface area (Å²) >= 11 is 0. The van der Waals surface area contributed by atoms with E-state index >= 15 is 0 Å². The fourth-order valence-corrected chi connectivity index (χ4v) is 6.18. The third-order valence-electron chi connectivity index (χ3n) is 8.99. The van der Waals surface area contributed by atoms with E-state index in [9.17, 15) is 19.2 Å². The summed E-state index contributed by atoms with van der Waals surface area (Å²) in [7, 11) is 0. The van der Waals surface area contributed by atoms with E-state index in [4.69, 9.17) is 9.47 Å². The zero-order valence-electron chi connectivity index (χ0n) is 27.5. The first-order valence-corrected chi connectivity index (χ1v) is 16.8. The highest BCUT2D eigenvalue weighted by molar-refractivity contribution is 6.25. The van der Waals surface area contributed by atoms with E-state index in [1.807, 2.05) is 24.3 Å². The molecule has 16 nitrogen and oxygen atoms in total. The first-order chi connectivity index (χ1) is 24.4. The first-order valence-electron chi connectivity index (χ1n) is 16.8. The molecule has 0 saturated carbocycles. The molecular formula is C34H38N10O6. The summed E-state index contributed by atoms with van der Waals surface area (Å²) in [6.45, 7) is 7.81. The molecule has 16 heteroatoms. The van der Waals surface area contributed by atoms with Crippen LogP contribution in [0.4, 0.5) is 11.4 Å². The third kappa shape index (κ3) is 7.68. The van der Waals surface area contributed by atoms with E-state index in [0.717, 1.165) is 37.3 Å². The molecule has 2 aromatic carbocycles. The maximum Gasteiger partial charge on any atom is 0.236 e. The molecule has 0 radical (unpaired) electrons. The van der Waals surface area contributed by atoms with Crippen molar-refractivity contribution >= 4 is 34.8 Å². The summed E-state index contributed by atoms with van der Waals surface area (Å²) in [6, 6.07) is 14.4. The maximum atomic E-state index is 13.6. The van der Waals surface area contributed by atoms with Crippen LogP contribution < -0.4 is 10.6 Å². The molecule has 0 spiro atoms. The van der Waals surface area contributed by atoms with Crippen LogP contribution in [0, 0.1) is 0 Å². The van der Waals surface area contributed by atoms with Gasteiger partial charge in [-0.15, -0.1) is 10.2 Å². The number of nitrogens with zero attached hydrogens (tertiary/aromatic N) is 8. The van der Waals surface area contributed by atoms with Crippen molar-refractivity contribution in [2.75, 3.05) is 76.3 Å². The second-order valence-electron chi connectivity index (χ2n) is 12.4. The molecule has 4 heterocycles.